The highest BCUT2D eigenvalue weighted by atomic mass is 35.5. The second-order valence-electron chi connectivity index (χ2n) is 4.83. The quantitative estimate of drug-likeness (QED) is 0.892. The minimum atomic E-state index is -0.772. The number of carbonyl (C=O) groups is 2. The third kappa shape index (κ3) is 3.63. The van der Waals surface area contributed by atoms with Crippen LogP contribution < -0.4 is 5.32 Å². The monoisotopic (exact) mass is 296 g/mol. The average Bonchev–Trinajstić information content (AvgIpc) is 2.46. The van der Waals surface area contributed by atoms with Crippen LogP contribution in [0.15, 0.2) is 24.3 Å². The van der Waals surface area contributed by atoms with E-state index >= 15 is 0 Å². The zero-order chi connectivity index (χ0) is 14.5. The van der Waals surface area contributed by atoms with Crippen LogP contribution in [0.5, 0.6) is 0 Å². The fraction of sp³-hybridized carbons (Fsp3) is 0.429. The van der Waals surface area contributed by atoms with Gasteiger partial charge in [0.2, 0.25) is 5.91 Å². The molecule has 1 aromatic rings. The van der Waals surface area contributed by atoms with Gasteiger partial charge in [0.05, 0.1) is 23.2 Å². The summed E-state index contributed by atoms with van der Waals surface area (Å²) in [6.45, 7) is 1.17. The van der Waals surface area contributed by atoms with Crippen LogP contribution in [0.25, 0.3) is 0 Å². The molecule has 2 rings (SSSR count). The van der Waals surface area contributed by atoms with Gasteiger partial charge < -0.3 is 15.3 Å². The van der Waals surface area contributed by atoms with E-state index in [1.165, 1.54) is 0 Å². The molecule has 1 amide bonds. The Bertz CT molecular complexity index is 499. The summed E-state index contributed by atoms with van der Waals surface area (Å²) in [7, 11) is 0. The number of para-hydroxylation sites is 1. The Balaban J connectivity index is 1.82. The number of anilines is 1. The van der Waals surface area contributed by atoms with Crippen LogP contribution in [-0.2, 0) is 9.59 Å². The van der Waals surface area contributed by atoms with Crippen molar-refractivity contribution in [2.45, 2.75) is 12.8 Å². The summed E-state index contributed by atoms with van der Waals surface area (Å²) in [5.41, 5.74) is 0.725. The predicted molar refractivity (Wildman–Crippen MR) is 76.9 cm³/mol. The number of piperidine rings is 1. The van der Waals surface area contributed by atoms with Gasteiger partial charge in [0.15, 0.2) is 0 Å². The number of aliphatic carboxylic acids is 1. The van der Waals surface area contributed by atoms with Crippen molar-refractivity contribution in [3.8, 4) is 0 Å². The highest BCUT2D eigenvalue weighted by Gasteiger charge is 2.26. The van der Waals surface area contributed by atoms with Gasteiger partial charge in [-0.1, -0.05) is 23.7 Å². The number of amides is 1. The van der Waals surface area contributed by atoms with Gasteiger partial charge in [-0.15, -0.1) is 0 Å². The summed E-state index contributed by atoms with van der Waals surface area (Å²) < 4.78 is 0. The van der Waals surface area contributed by atoms with Gasteiger partial charge in [-0.3, -0.25) is 9.59 Å². The van der Waals surface area contributed by atoms with Gasteiger partial charge >= 0.3 is 5.97 Å². The first kappa shape index (κ1) is 14.7. The molecule has 1 saturated heterocycles. The SMILES string of the molecule is O=C(O)C1CCN(C(=O)CNc2ccccc2Cl)CC1. The number of halogens is 1. The Labute approximate surface area is 122 Å². The van der Waals surface area contributed by atoms with E-state index in [1.54, 1.807) is 11.0 Å². The fourth-order valence-corrected chi connectivity index (χ4v) is 2.47. The zero-order valence-corrected chi connectivity index (χ0v) is 11.8. The average molecular weight is 297 g/mol. The van der Waals surface area contributed by atoms with E-state index in [1.807, 2.05) is 18.2 Å². The Morgan fingerprint density at radius 3 is 2.55 bits per heavy atom. The van der Waals surface area contributed by atoms with Gasteiger partial charge in [0, 0.05) is 13.1 Å². The van der Waals surface area contributed by atoms with Crippen LogP contribution >= 0.6 is 11.6 Å². The summed E-state index contributed by atoms with van der Waals surface area (Å²) >= 11 is 5.99. The Morgan fingerprint density at radius 1 is 1.30 bits per heavy atom. The van der Waals surface area contributed by atoms with Gasteiger partial charge in [0.1, 0.15) is 0 Å². The number of carboxylic acids is 1. The first-order valence-corrected chi connectivity index (χ1v) is 6.94. The van der Waals surface area contributed by atoms with Crippen molar-refractivity contribution in [3.63, 3.8) is 0 Å². The first-order chi connectivity index (χ1) is 9.58. The van der Waals surface area contributed by atoms with Crippen LogP contribution in [0, 0.1) is 5.92 Å². The lowest BCUT2D eigenvalue weighted by molar-refractivity contribution is -0.145. The third-order valence-electron chi connectivity index (χ3n) is 3.50. The highest BCUT2D eigenvalue weighted by Crippen LogP contribution is 2.21. The molecule has 0 radical (unpaired) electrons. The van der Waals surface area contributed by atoms with Crippen molar-refractivity contribution in [1.29, 1.82) is 0 Å². The van der Waals surface area contributed by atoms with E-state index in [9.17, 15) is 9.59 Å². The minimum Gasteiger partial charge on any atom is -0.481 e. The molecule has 1 heterocycles. The maximum absolute atomic E-state index is 12.0. The second kappa shape index (κ2) is 6.61. The number of rotatable bonds is 4. The van der Waals surface area contributed by atoms with E-state index in [2.05, 4.69) is 5.32 Å². The van der Waals surface area contributed by atoms with Crippen molar-refractivity contribution >= 4 is 29.2 Å². The molecule has 0 unspecified atom stereocenters. The normalized spacial score (nSPS) is 15.9. The standard InChI is InChI=1S/C14H17ClN2O3/c15-11-3-1-2-4-12(11)16-9-13(18)17-7-5-10(6-8-17)14(19)20/h1-4,10,16H,5-9H2,(H,19,20). The van der Waals surface area contributed by atoms with Crippen molar-refractivity contribution in [3.05, 3.63) is 29.3 Å². The van der Waals surface area contributed by atoms with Gasteiger partial charge in [-0.25, -0.2) is 0 Å². The molecule has 0 aliphatic carbocycles. The van der Waals surface area contributed by atoms with Crippen molar-refractivity contribution in [1.82, 2.24) is 4.90 Å². The second-order valence-corrected chi connectivity index (χ2v) is 5.23. The van der Waals surface area contributed by atoms with E-state index in [0.29, 0.717) is 31.0 Å². The smallest absolute Gasteiger partial charge is 0.306 e. The summed E-state index contributed by atoms with van der Waals surface area (Å²) in [4.78, 5) is 24.6. The van der Waals surface area contributed by atoms with Crippen molar-refractivity contribution in [2.75, 3.05) is 25.0 Å². The summed E-state index contributed by atoms with van der Waals surface area (Å²) in [6.07, 6.45) is 1.04. The van der Waals surface area contributed by atoms with E-state index < -0.39 is 5.97 Å². The number of hydrogen-bond donors (Lipinski definition) is 2. The lowest BCUT2D eigenvalue weighted by Gasteiger charge is -2.30. The molecule has 20 heavy (non-hydrogen) atoms. The molecule has 1 aliphatic heterocycles. The predicted octanol–water partition coefficient (Wildman–Crippen LogP) is 2.08. The van der Waals surface area contributed by atoms with E-state index in [4.69, 9.17) is 16.7 Å². The molecule has 0 spiro atoms. The van der Waals surface area contributed by atoms with E-state index in [-0.39, 0.29) is 18.4 Å². The maximum atomic E-state index is 12.0. The topological polar surface area (TPSA) is 69.6 Å². The lowest BCUT2D eigenvalue weighted by Crippen LogP contribution is -2.42. The minimum absolute atomic E-state index is 0.0336. The van der Waals surface area contributed by atoms with Crippen LogP contribution in [0.4, 0.5) is 5.69 Å². The molecule has 0 bridgehead atoms. The third-order valence-corrected chi connectivity index (χ3v) is 3.83. The van der Waals surface area contributed by atoms with Crippen molar-refractivity contribution in [2.24, 2.45) is 5.92 Å². The first-order valence-electron chi connectivity index (χ1n) is 6.57. The molecule has 5 nitrogen and oxygen atoms in total. The summed E-state index contributed by atoms with van der Waals surface area (Å²) in [5, 5.41) is 12.5. The summed E-state index contributed by atoms with van der Waals surface area (Å²) in [5.74, 6) is -1.13. The molecule has 0 atom stereocenters. The molecule has 2 N–H and O–H groups in total. The number of hydrogen-bond acceptors (Lipinski definition) is 3. The Morgan fingerprint density at radius 2 is 1.95 bits per heavy atom. The molecule has 1 aromatic carbocycles. The van der Waals surface area contributed by atoms with E-state index in [0.717, 1.165) is 5.69 Å². The number of nitrogens with zero attached hydrogens (tertiary/aromatic N) is 1. The largest absolute Gasteiger partial charge is 0.481 e. The fourth-order valence-electron chi connectivity index (χ4n) is 2.26. The number of likely N-dealkylation sites (tertiary alicyclic amines) is 1. The van der Waals surface area contributed by atoms with Crippen LogP contribution in [-0.4, -0.2) is 41.5 Å². The molecular weight excluding hydrogens is 280 g/mol. The molecule has 6 heteroatoms. The summed E-state index contributed by atoms with van der Waals surface area (Å²) in [6, 6.07) is 7.24. The molecular formula is C14H17ClN2O3. The van der Waals surface area contributed by atoms with Gasteiger partial charge in [0.25, 0.3) is 0 Å². The molecule has 0 saturated carbocycles. The number of carboxylic acid groups (broad SMARTS) is 1. The van der Waals surface area contributed by atoms with Crippen molar-refractivity contribution < 1.29 is 14.7 Å². The zero-order valence-electron chi connectivity index (χ0n) is 11.0. The Kier molecular flexibility index (Phi) is 4.84. The van der Waals surface area contributed by atoms with Crippen LogP contribution in [0.3, 0.4) is 0 Å². The highest BCUT2D eigenvalue weighted by molar-refractivity contribution is 6.33. The lowest BCUT2D eigenvalue weighted by atomic mass is 9.97. The Hall–Kier alpha value is -1.75. The van der Waals surface area contributed by atoms with Crippen LogP contribution in [0.2, 0.25) is 5.02 Å². The number of benzene rings is 1. The number of carbonyl (C=O) groups excluding carboxylic acids is 1. The maximum Gasteiger partial charge on any atom is 0.306 e. The van der Waals surface area contributed by atoms with Crippen LogP contribution in [0.1, 0.15) is 12.8 Å². The molecule has 1 fully saturated rings. The van der Waals surface area contributed by atoms with Gasteiger partial charge in [-0.2, -0.15) is 0 Å². The molecule has 0 aromatic heterocycles. The molecule has 1 aliphatic rings. The van der Waals surface area contributed by atoms with Gasteiger partial charge in [-0.05, 0) is 25.0 Å². The number of nitrogens with one attached hydrogen (secondary N) is 1. The molecule has 108 valence electrons.